The first kappa shape index (κ1) is 14.9. The van der Waals surface area contributed by atoms with E-state index >= 15 is 0 Å². The fraction of sp³-hybridized carbons (Fsp3) is 0.250. The Morgan fingerprint density at radius 1 is 1.55 bits per heavy atom. The van der Waals surface area contributed by atoms with E-state index in [9.17, 15) is 14.9 Å². The van der Waals surface area contributed by atoms with E-state index in [1.807, 2.05) is 0 Å². The molecule has 3 rings (SSSR count). The summed E-state index contributed by atoms with van der Waals surface area (Å²) >= 11 is 2.30. The summed E-state index contributed by atoms with van der Waals surface area (Å²) in [5, 5.41) is 18.9. The fourth-order valence-corrected chi connectivity index (χ4v) is 3.67. The summed E-state index contributed by atoms with van der Waals surface area (Å²) < 4.78 is 6.63. The molecule has 1 aromatic heterocycles. The van der Waals surface area contributed by atoms with Crippen LogP contribution in [0.4, 0.5) is 10.5 Å². The van der Waals surface area contributed by atoms with Gasteiger partial charge in [-0.2, -0.15) is 0 Å². The zero-order chi connectivity index (χ0) is 15.7. The number of benzene rings is 1. The van der Waals surface area contributed by atoms with Gasteiger partial charge in [0.15, 0.2) is 0 Å². The predicted molar refractivity (Wildman–Crippen MR) is 80.5 cm³/mol. The van der Waals surface area contributed by atoms with Crippen LogP contribution in [0.25, 0.3) is 5.69 Å². The van der Waals surface area contributed by atoms with Gasteiger partial charge in [-0.3, -0.25) is 14.7 Å². The molecule has 0 unspecified atom stereocenters. The average Bonchev–Trinajstić information content (AvgIpc) is 2.90. The maximum Gasteiger partial charge on any atom is 0.375 e. The Labute approximate surface area is 133 Å². The summed E-state index contributed by atoms with van der Waals surface area (Å²) in [5.74, 6) is 1.23. The minimum atomic E-state index is -0.459. The lowest BCUT2D eigenvalue weighted by Crippen LogP contribution is -2.09. The summed E-state index contributed by atoms with van der Waals surface area (Å²) in [6.45, 7) is 2.01. The van der Waals surface area contributed by atoms with Gasteiger partial charge in [-0.1, -0.05) is 0 Å². The molecule has 0 aliphatic carbocycles. The molecule has 1 aliphatic heterocycles. The van der Waals surface area contributed by atoms with Gasteiger partial charge in [0.1, 0.15) is 5.82 Å². The van der Waals surface area contributed by atoms with Crippen molar-refractivity contribution in [2.45, 2.75) is 22.7 Å². The highest BCUT2D eigenvalue weighted by Crippen LogP contribution is 2.39. The molecule has 0 saturated carbocycles. The van der Waals surface area contributed by atoms with Gasteiger partial charge in [-0.15, -0.1) is 22.0 Å². The number of rotatable bonds is 3. The van der Waals surface area contributed by atoms with Gasteiger partial charge in [-0.05, 0) is 13.0 Å². The van der Waals surface area contributed by atoms with Crippen LogP contribution >= 0.6 is 23.5 Å². The second-order valence-corrected chi connectivity index (χ2v) is 6.14. The number of aromatic nitrogens is 3. The van der Waals surface area contributed by atoms with Crippen molar-refractivity contribution in [2.24, 2.45) is 0 Å². The Balaban J connectivity index is 2.00. The maximum atomic E-state index is 11.6. The zero-order valence-electron chi connectivity index (χ0n) is 11.4. The molecule has 10 heteroatoms. The van der Waals surface area contributed by atoms with Crippen molar-refractivity contribution in [2.75, 3.05) is 6.61 Å². The number of fused-ring (bicyclic) bond motifs is 3. The third kappa shape index (κ3) is 2.66. The number of nitro groups is 1. The molecule has 0 N–H and O–H groups in total. The second-order valence-electron chi connectivity index (χ2n) is 4.22. The Morgan fingerprint density at radius 2 is 2.36 bits per heavy atom. The van der Waals surface area contributed by atoms with Gasteiger partial charge < -0.3 is 4.74 Å². The van der Waals surface area contributed by atoms with Crippen LogP contribution in [0.15, 0.2) is 28.3 Å². The van der Waals surface area contributed by atoms with Crippen LogP contribution in [0, 0.1) is 10.1 Å². The Bertz CT molecular complexity index is 762. The monoisotopic (exact) mass is 338 g/mol. The second kappa shape index (κ2) is 5.97. The van der Waals surface area contributed by atoms with Crippen LogP contribution in [0.5, 0.6) is 0 Å². The third-order valence-electron chi connectivity index (χ3n) is 2.89. The predicted octanol–water partition coefficient (Wildman–Crippen LogP) is 3.03. The lowest BCUT2D eigenvalue weighted by atomic mass is 10.2. The number of nitro benzene ring substituents is 1. The summed E-state index contributed by atoms with van der Waals surface area (Å²) in [7, 11) is 0. The zero-order valence-corrected chi connectivity index (χ0v) is 13.0. The van der Waals surface area contributed by atoms with Crippen LogP contribution < -0.4 is 0 Å². The summed E-state index contributed by atoms with van der Waals surface area (Å²) in [6, 6.07) is 4.58. The van der Waals surface area contributed by atoms with E-state index in [1.165, 1.54) is 23.9 Å². The molecule has 8 nitrogen and oxygen atoms in total. The molecule has 0 saturated heterocycles. The van der Waals surface area contributed by atoms with Crippen LogP contribution in [0.1, 0.15) is 12.7 Å². The summed E-state index contributed by atoms with van der Waals surface area (Å²) in [4.78, 5) is 22.8. The number of hydrogen-bond acceptors (Lipinski definition) is 8. The van der Waals surface area contributed by atoms with Crippen LogP contribution in [-0.2, 0) is 10.5 Å². The van der Waals surface area contributed by atoms with Crippen molar-refractivity contribution in [3.63, 3.8) is 0 Å². The van der Waals surface area contributed by atoms with Crippen LogP contribution in [-0.4, -0.2) is 31.6 Å². The third-order valence-corrected chi connectivity index (χ3v) is 4.66. The van der Waals surface area contributed by atoms with Crippen molar-refractivity contribution < 1.29 is 14.5 Å². The molecule has 22 heavy (non-hydrogen) atoms. The van der Waals surface area contributed by atoms with Crippen LogP contribution in [0.3, 0.4) is 0 Å². The van der Waals surface area contributed by atoms with Crippen molar-refractivity contribution in [1.82, 2.24) is 14.8 Å². The summed E-state index contributed by atoms with van der Waals surface area (Å²) in [5.41, 5.74) is 0.760. The number of hydrogen-bond donors (Lipinski definition) is 0. The van der Waals surface area contributed by atoms with Crippen LogP contribution in [0.2, 0.25) is 0 Å². The first-order valence-corrected chi connectivity index (χ1v) is 8.11. The Morgan fingerprint density at radius 3 is 3.09 bits per heavy atom. The molecule has 0 radical (unpaired) electrons. The number of non-ortho nitro benzene ring substituents is 1. The molecule has 1 aliphatic rings. The minimum absolute atomic E-state index is 0.0300. The van der Waals surface area contributed by atoms with Gasteiger partial charge >= 0.3 is 5.30 Å². The highest BCUT2D eigenvalue weighted by Gasteiger charge is 2.25. The molecule has 2 heterocycles. The highest BCUT2D eigenvalue weighted by atomic mass is 32.2. The molecule has 0 fully saturated rings. The van der Waals surface area contributed by atoms with Gasteiger partial charge in [0.25, 0.3) is 5.69 Å². The molecule has 0 spiro atoms. The number of nitrogens with zero attached hydrogens (tertiary/aromatic N) is 4. The van der Waals surface area contributed by atoms with E-state index in [-0.39, 0.29) is 12.3 Å². The average molecular weight is 338 g/mol. The van der Waals surface area contributed by atoms with Crippen molar-refractivity contribution in [3.8, 4) is 5.69 Å². The number of carbonyl (C=O) groups is 1. The quantitative estimate of drug-likeness (QED) is 0.364. The van der Waals surface area contributed by atoms with E-state index in [4.69, 9.17) is 4.74 Å². The largest absolute Gasteiger partial charge is 0.458 e. The Kier molecular flexibility index (Phi) is 4.03. The molecule has 0 atom stereocenters. The smallest absolute Gasteiger partial charge is 0.375 e. The highest BCUT2D eigenvalue weighted by molar-refractivity contribution is 8.13. The minimum Gasteiger partial charge on any atom is -0.458 e. The molecule has 1 aromatic carbocycles. The topological polar surface area (TPSA) is 100 Å². The first-order chi connectivity index (χ1) is 10.6. The van der Waals surface area contributed by atoms with Gasteiger partial charge in [0.05, 0.1) is 23.0 Å². The number of carbonyl (C=O) groups excluding carboxylic acids is 1. The van der Waals surface area contributed by atoms with Gasteiger partial charge in [0, 0.05) is 28.8 Å². The lowest BCUT2D eigenvalue weighted by molar-refractivity contribution is -0.385. The fourth-order valence-electron chi connectivity index (χ4n) is 1.98. The normalized spacial score (nSPS) is 12.4. The van der Waals surface area contributed by atoms with E-state index in [0.29, 0.717) is 16.7 Å². The Hall–Kier alpha value is -2.07. The summed E-state index contributed by atoms with van der Waals surface area (Å²) in [6.07, 6.45) is 0. The number of thioether (sulfide) groups is 2. The molecular weight excluding hydrogens is 328 g/mol. The lowest BCUT2D eigenvalue weighted by Gasteiger charge is -2.18. The standard InChI is InChI=1S/C12H10N4O4S2/c1-2-20-12(17)22-11-14-13-10-6-21-9-5-7(16(18)19)3-4-8(9)15(10)11/h3-5H,2,6H2,1H3. The van der Waals surface area contributed by atoms with Crippen molar-refractivity contribution in [3.05, 3.63) is 34.1 Å². The van der Waals surface area contributed by atoms with E-state index in [0.717, 1.165) is 22.3 Å². The van der Waals surface area contributed by atoms with E-state index in [1.54, 1.807) is 17.6 Å². The van der Waals surface area contributed by atoms with Crippen molar-refractivity contribution in [1.29, 1.82) is 0 Å². The van der Waals surface area contributed by atoms with Gasteiger partial charge in [-0.25, -0.2) is 4.79 Å². The van der Waals surface area contributed by atoms with E-state index in [2.05, 4.69) is 10.2 Å². The molecule has 0 bridgehead atoms. The van der Waals surface area contributed by atoms with Crippen molar-refractivity contribution >= 4 is 34.5 Å². The van der Waals surface area contributed by atoms with Gasteiger partial charge in [0.2, 0.25) is 5.16 Å². The molecule has 0 amide bonds. The van der Waals surface area contributed by atoms with E-state index < -0.39 is 10.2 Å². The molecular formula is C12H10N4O4S2. The molecule has 114 valence electrons. The number of ether oxygens (including phenoxy) is 1. The SMILES string of the molecule is CCOC(=O)Sc1nnc2n1-c1ccc([N+](=O)[O-])cc1SC2. The molecule has 2 aromatic rings. The maximum absolute atomic E-state index is 11.6. The first-order valence-electron chi connectivity index (χ1n) is 6.30.